The highest BCUT2D eigenvalue weighted by Crippen LogP contribution is 2.63. The molecule has 14 aromatic rings. The zero-order valence-electron chi connectivity index (χ0n) is 83.5. The number of unbranched alkanes of at least 4 members (excludes halogenated alkanes) is 24. The first-order chi connectivity index (χ1) is 67.0. The Bertz CT molecular complexity index is 6160. The monoisotopic (exact) mass is 1790 g/mol. The van der Waals surface area contributed by atoms with E-state index in [0.717, 1.165) is 57.1 Å². The van der Waals surface area contributed by atoms with Crippen LogP contribution in [0.1, 0.15) is 368 Å². The fraction of sp³-hybridized carbons (Fsp3) is 0.394. The van der Waals surface area contributed by atoms with Gasteiger partial charge in [-0.15, -0.1) is 0 Å². The number of anilines is 3. The third kappa shape index (κ3) is 18.5. The molecule has 4 heteroatoms. The van der Waals surface area contributed by atoms with Gasteiger partial charge in [0.2, 0.25) is 0 Å². The van der Waals surface area contributed by atoms with Crippen molar-refractivity contribution < 1.29 is 0 Å². The Hall–Kier alpha value is -11.6. The van der Waals surface area contributed by atoms with Crippen molar-refractivity contribution in [3.8, 4) is 107 Å². The van der Waals surface area contributed by atoms with E-state index >= 15 is 0 Å². The Labute approximate surface area is 816 Å². The Morgan fingerprint density at radius 2 is 0.426 bits per heavy atom. The molecule has 0 N–H and O–H groups in total. The number of aromatic nitrogens is 1. The van der Waals surface area contributed by atoms with Gasteiger partial charge in [0.15, 0.2) is 0 Å². The Kier molecular flexibility index (Phi) is 30.3. The van der Waals surface area contributed by atoms with Crippen molar-refractivity contribution in [1.29, 1.82) is 10.5 Å². The van der Waals surface area contributed by atoms with Crippen molar-refractivity contribution in [3.63, 3.8) is 0 Å². The molecule has 0 saturated carbocycles. The summed E-state index contributed by atoms with van der Waals surface area (Å²) in [7, 11) is 0. The maximum atomic E-state index is 9.90. The summed E-state index contributed by atoms with van der Waals surface area (Å²) in [5.74, 6) is 0. The van der Waals surface area contributed by atoms with Crippen LogP contribution in [0, 0.1) is 22.7 Å². The van der Waals surface area contributed by atoms with Crippen LogP contribution in [0.25, 0.3) is 117 Å². The van der Waals surface area contributed by atoms with Crippen molar-refractivity contribution >= 4 is 38.9 Å². The summed E-state index contributed by atoms with van der Waals surface area (Å²) in [6, 6.07) is 111. The number of benzene rings is 13. The average molecular weight is 1790 g/mol. The summed E-state index contributed by atoms with van der Waals surface area (Å²) in [5.41, 5.74) is 41.5. The molecule has 0 spiro atoms. The lowest BCUT2D eigenvalue weighted by Gasteiger charge is -2.35. The summed E-state index contributed by atoms with van der Waals surface area (Å²) < 4.78 is 2.49. The van der Waals surface area contributed by atoms with E-state index in [9.17, 15) is 10.5 Å². The number of para-hydroxylation sites is 2. The lowest BCUT2D eigenvalue weighted by Crippen LogP contribution is -2.26. The third-order valence-corrected chi connectivity index (χ3v) is 32.9. The molecular formula is C132H148N4. The first kappa shape index (κ1) is 94.8. The second-order valence-electron chi connectivity index (χ2n) is 41.4. The van der Waals surface area contributed by atoms with Crippen LogP contribution in [0.4, 0.5) is 17.1 Å². The van der Waals surface area contributed by atoms with Gasteiger partial charge < -0.3 is 9.47 Å². The molecule has 696 valence electrons. The van der Waals surface area contributed by atoms with E-state index in [2.05, 4.69) is 320 Å². The second-order valence-corrected chi connectivity index (χ2v) is 41.4. The average Bonchev–Trinajstić information content (AvgIpc) is 1.55. The first-order valence-electron chi connectivity index (χ1n) is 54.0. The number of nitrogens with zero attached hydrogens (tertiary/aromatic N) is 4. The highest BCUT2D eigenvalue weighted by atomic mass is 15.1. The molecule has 0 unspecified atom stereocenters. The SMILES string of the molecule is CCCCCCC1(CCCCCC)c2cc(-c3ccc(C#N)cc3)ccc2-c2ccc(-c3ccc4c(c3)C(CCCCCC)(CCCCCC)c3cc(N(c5ccc(-n6c7ccccc7c7ccccc76)cc5)c5ccc6c(c5)C(CCCCCC)(CCCCCC)c5cc(-c7ccc8c(c7)C(CCCCCC)(CCCCCC)c7cc(-c9ccc(C#N)cc9)ccc7-8)ccc5-6)ccc3-4)cc21. The molecule has 18 rings (SSSR count). The summed E-state index contributed by atoms with van der Waals surface area (Å²) >= 11 is 0. The highest BCUT2D eigenvalue weighted by Gasteiger charge is 2.49. The summed E-state index contributed by atoms with van der Waals surface area (Å²) in [6.45, 7) is 19.0. The van der Waals surface area contributed by atoms with Crippen molar-refractivity contribution in [2.45, 2.75) is 334 Å². The predicted molar refractivity (Wildman–Crippen MR) is 582 cm³/mol. The zero-order chi connectivity index (χ0) is 93.6. The summed E-state index contributed by atoms with van der Waals surface area (Å²) in [4.78, 5) is 2.70. The first-order valence-corrected chi connectivity index (χ1v) is 54.0. The molecule has 4 aliphatic carbocycles. The summed E-state index contributed by atoms with van der Waals surface area (Å²) in [5, 5.41) is 22.3. The molecule has 13 aromatic carbocycles. The lowest BCUT2D eigenvalue weighted by atomic mass is 9.69. The molecule has 0 amide bonds. The molecule has 1 heterocycles. The molecule has 0 radical (unpaired) electrons. The quantitative estimate of drug-likeness (QED) is 0.0357. The van der Waals surface area contributed by atoms with Gasteiger partial charge in [0.05, 0.1) is 34.3 Å². The van der Waals surface area contributed by atoms with Gasteiger partial charge in [0.25, 0.3) is 0 Å². The fourth-order valence-corrected chi connectivity index (χ4v) is 25.7. The van der Waals surface area contributed by atoms with Gasteiger partial charge in [-0.1, -0.05) is 406 Å². The van der Waals surface area contributed by atoms with Crippen molar-refractivity contribution in [2.75, 3.05) is 4.90 Å². The minimum Gasteiger partial charge on any atom is -0.310 e. The normalized spacial score (nSPS) is 14.0. The smallest absolute Gasteiger partial charge is 0.0991 e. The minimum absolute atomic E-state index is 0.124. The maximum absolute atomic E-state index is 9.90. The number of hydrogen-bond donors (Lipinski definition) is 0. The molecule has 136 heavy (non-hydrogen) atoms. The van der Waals surface area contributed by atoms with E-state index < -0.39 is 0 Å². The van der Waals surface area contributed by atoms with Crippen LogP contribution in [0.15, 0.2) is 267 Å². The van der Waals surface area contributed by atoms with Crippen LogP contribution < -0.4 is 4.90 Å². The number of fused-ring (bicyclic) bond motifs is 15. The van der Waals surface area contributed by atoms with E-state index in [1.54, 1.807) is 0 Å². The fourth-order valence-electron chi connectivity index (χ4n) is 25.7. The molecule has 0 saturated heterocycles. The van der Waals surface area contributed by atoms with Crippen LogP contribution in [0.3, 0.4) is 0 Å². The van der Waals surface area contributed by atoms with Crippen LogP contribution in [0.2, 0.25) is 0 Å². The van der Waals surface area contributed by atoms with Gasteiger partial charge in [-0.25, -0.2) is 0 Å². The zero-order valence-corrected chi connectivity index (χ0v) is 83.5. The summed E-state index contributed by atoms with van der Waals surface area (Å²) in [6.07, 6.45) is 48.1. The third-order valence-electron chi connectivity index (χ3n) is 32.9. The predicted octanol–water partition coefficient (Wildman–Crippen LogP) is 39.5. The van der Waals surface area contributed by atoms with Crippen LogP contribution in [-0.4, -0.2) is 4.57 Å². The topological polar surface area (TPSA) is 55.8 Å². The van der Waals surface area contributed by atoms with Crippen molar-refractivity contribution in [3.05, 3.63) is 323 Å². The van der Waals surface area contributed by atoms with Gasteiger partial charge >= 0.3 is 0 Å². The highest BCUT2D eigenvalue weighted by molar-refractivity contribution is 6.09. The molecule has 0 atom stereocenters. The maximum Gasteiger partial charge on any atom is 0.0991 e. The Morgan fingerprint density at radius 1 is 0.213 bits per heavy atom. The molecule has 0 bridgehead atoms. The minimum atomic E-state index is -0.227. The molecular weight excluding hydrogens is 1640 g/mol. The Morgan fingerprint density at radius 3 is 0.669 bits per heavy atom. The van der Waals surface area contributed by atoms with Gasteiger partial charge in [0, 0.05) is 55.2 Å². The molecule has 4 nitrogen and oxygen atoms in total. The molecule has 0 aliphatic heterocycles. The van der Waals surface area contributed by atoms with E-state index in [4.69, 9.17) is 0 Å². The van der Waals surface area contributed by atoms with Crippen LogP contribution in [0.5, 0.6) is 0 Å². The standard InChI is InChI=1S/C132H148N4/c1-9-17-25-37-77-129(78-38-26-18-10-2)119-85-99(97-53-49-95(93-133)50-54-97)57-69-109(119)111-71-59-101(87-121(111)129)103-61-73-113-115-75-67-107(91-125(115)131(123(113)89-103,81-41-29-21-13-5)82-42-30-22-14-6)135(105-63-65-106(66-64-105)136-127-47-35-33-45-117(127)118-46-34-36-48-128(118)136)108-68-76-116-114-74-62-104(90-124(114)132(126(116)92-108,83-43-31-23-15-7)84-44-32-24-16-8)102-60-72-112-110-70-58-100(98-55-51-96(94-134)52-56-98)86-120(110)130(122(112)88-102,79-39-27-19-11-3)80-40-28-20-12-4/h33-36,45-76,85-92H,9-32,37-44,77-84H2,1-8H3. The van der Waals surface area contributed by atoms with E-state index in [-0.39, 0.29) is 21.7 Å². The molecule has 4 aliphatic rings. The van der Waals surface area contributed by atoms with E-state index in [1.807, 2.05) is 24.3 Å². The van der Waals surface area contributed by atoms with Gasteiger partial charge in [-0.3, -0.25) is 0 Å². The van der Waals surface area contributed by atoms with E-state index in [1.165, 1.54) is 378 Å². The van der Waals surface area contributed by atoms with Crippen LogP contribution in [-0.2, 0) is 21.7 Å². The van der Waals surface area contributed by atoms with Gasteiger partial charge in [0.1, 0.15) is 0 Å². The van der Waals surface area contributed by atoms with Crippen molar-refractivity contribution in [1.82, 2.24) is 4.57 Å². The number of rotatable bonds is 48. The van der Waals surface area contributed by atoms with Gasteiger partial charge in [-0.05, 0) is 306 Å². The Balaban J connectivity index is 0.793. The molecule has 0 fully saturated rings. The van der Waals surface area contributed by atoms with E-state index in [0.29, 0.717) is 11.1 Å². The lowest BCUT2D eigenvalue weighted by molar-refractivity contribution is 0.400. The van der Waals surface area contributed by atoms with Gasteiger partial charge in [-0.2, -0.15) is 10.5 Å². The second kappa shape index (κ2) is 43.4. The van der Waals surface area contributed by atoms with Crippen molar-refractivity contribution in [2.24, 2.45) is 0 Å². The largest absolute Gasteiger partial charge is 0.310 e. The molecule has 1 aromatic heterocycles. The number of nitriles is 2. The van der Waals surface area contributed by atoms with Crippen LogP contribution >= 0.6 is 0 Å². The number of hydrogen-bond acceptors (Lipinski definition) is 3.